The number of rotatable bonds is 3. The Labute approximate surface area is 121 Å². The highest BCUT2D eigenvalue weighted by molar-refractivity contribution is 6.30. The van der Waals surface area contributed by atoms with Crippen molar-refractivity contribution >= 4 is 23.1 Å². The van der Waals surface area contributed by atoms with Gasteiger partial charge < -0.3 is 0 Å². The van der Waals surface area contributed by atoms with Crippen LogP contribution < -0.4 is 0 Å². The van der Waals surface area contributed by atoms with Crippen LogP contribution in [0, 0.1) is 26.9 Å². The molecule has 1 aromatic carbocycles. The van der Waals surface area contributed by atoms with E-state index in [0.717, 1.165) is 12.8 Å². The molecule has 1 aliphatic rings. The molecular weight excluding hydrogens is 280 g/mol. The van der Waals surface area contributed by atoms with E-state index in [1.165, 1.54) is 12.1 Å². The fraction of sp³-hybridized carbons (Fsp3) is 0.429. The number of benzene rings is 1. The number of hydrogen-bond donors (Lipinski definition) is 0. The van der Waals surface area contributed by atoms with Gasteiger partial charge in [-0.2, -0.15) is 5.26 Å². The summed E-state index contributed by atoms with van der Waals surface area (Å²) in [7, 11) is 0. The van der Waals surface area contributed by atoms with E-state index in [9.17, 15) is 20.2 Å². The first-order valence-electron chi connectivity index (χ1n) is 6.36. The monoisotopic (exact) mass is 292 g/mol. The zero-order chi connectivity index (χ0) is 14.8. The van der Waals surface area contributed by atoms with E-state index in [0.29, 0.717) is 18.4 Å². The average molecular weight is 293 g/mol. The van der Waals surface area contributed by atoms with Crippen molar-refractivity contribution < 1.29 is 9.72 Å². The molecule has 0 saturated heterocycles. The van der Waals surface area contributed by atoms with Crippen LogP contribution in [0.4, 0.5) is 5.69 Å². The van der Waals surface area contributed by atoms with Crippen LogP contribution in [0.3, 0.4) is 0 Å². The Hall–Kier alpha value is -1.93. The minimum atomic E-state index is -1.13. The minimum absolute atomic E-state index is 0.0792. The lowest BCUT2D eigenvalue weighted by Gasteiger charge is -2.28. The Kier molecular flexibility index (Phi) is 4.05. The maximum Gasteiger partial charge on any atom is 0.274 e. The van der Waals surface area contributed by atoms with Gasteiger partial charge in [-0.05, 0) is 18.9 Å². The van der Waals surface area contributed by atoms with Crippen molar-refractivity contribution in [1.29, 1.82) is 5.26 Å². The first-order chi connectivity index (χ1) is 9.48. The second-order valence-electron chi connectivity index (χ2n) is 5.03. The summed E-state index contributed by atoms with van der Waals surface area (Å²) in [5.41, 5.74) is -0.877. The number of nitro groups is 1. The first-order valence-corrected chi connectivity index (χ1v) is 6.74. The average Bonchev–Trinajstić information content (AvgIpc) is 2.43. The van der Waals surface area contributed by atoms with E-state index in [2.05, 4.69) is 6.07 Å². The van der Waals surface area contributed by atoms with E-state index in [4.69, 9.17) is 11.6 Å². The molecule has 0 N–H and O–H groups in total. The molecule has 0 amide bonds. The molecule has 0 aromatic heterocycles. The summed E-state index contributed by atoms with van der Waals surface area (Å²) >= 11 is 5.76. The van der Waals surface area contributed by atoms with Crippen molar-refractivity contribution in [2.75, 3.05) is 0 Å². The Morgan fingerprint density at radius 3 is 2.80 bits per heavy atom. The van der Waals surface area contributed by atoms with Gasteiger partial charge in [0.1, 0.15) is 5.41 Å². The predicted molar refractivity (Wildman–Crippen MR) is 73.3 cm³/mol. The third kappa shape index (κ3) is 2.66. The van der Waals surface area contributed by atoms with Gasteiger partial charge in [-0.15, -0.1) is 0 Å². The standard InChI is InChI=1S/C14H13ClN2O3/c15-11-5-4-10(12(7-11)17(19)20)8-14(9-16)6-2-1-3-13(14)18/h4-5,7H,1-3,6,8H2. The SMILES string of the molecule is N#CC1(Cc2ccc(Cl)cc2[N+](=O)[O-])CCCCC1=O. The van der Waals surface area contributed by atoms with Gasteiger partial charge in [0.05, 0.1) is 11.0 Å². The lowest BCUT2D eigenvalue weighted by Crippen LogP contribution is -2.35. The summed E-state index contributed by atoms with van der Waals surface area (Å²) in [6.07, 6.45) is 2.48. The number of nitro benzene ring substituents is 1. The number of halogens is 1. The second-order valence-corrected chi connectivity index (χ2v) is 5.47. The van der Waals surface area contributed by atoms with Crippen LogP contribution in [-0.2, 0) is 11.2 Å². The molecule has 20 heavy (non-hydrogen) atoms. The Bertz CT molecular complexity index is 609. The molecule has 0 heterocycles. The lowest BCUT2D eigenvalue weighted by molar-refractivity contribution is -0.385. The van der Waals surface area contributed by atoms with Crippen LogP contribution in [0.2, 0.25) is 5.02 Å². The van der Waals surface area contributed by atoms with Gasteiger partial charge in [0.2, 0.25) is 0 Å². The normalized spacial score (nSPS) is 22.3. The largest absolute Gasteiger partial charge is 0.298 e. The van der Waals surface area contributed by atoms with Gasteiger partial charge in [0.15, 0.2) is 5.78 Å². The summed E-state index contributed by atoms with van der Waals surface area (Å²) in [6.45, 7) is 0. The van der Waals surface area contributed by atoms with Crippen molar-refractivity contribution in [3.8, 4) is 6.07 Å². The number of carbonyl (C=O) groups is 1. The molecule has 0 radical (unpaired) electrons. The van der Waals surface area contributed by atoms with Gasteiger partial charge in [0.25, 0.3) is 5.69 Å². The van der Waals surface area contributed by atoms with Gasteiger partial charge in [0, 0.05) is 29.5 Å². The van der Waals surface area contributed by atoms with E-state index in [1.807, 2.05) is 0 Å². The zero-order valence-electron chi connectivity index (χ0n) is 10.8. The van der Waals surface area contributed by atoms with Crippen LogP contribution in [-0.4, -0.2) is 10.7 Å². The number of ketones is 1. The minimum Gasteiger partial charge on any atom is -0.298 e. The summed E-state index contributed by atoms with van der Waals surface area (Å²) in [5.74, 6) is -0.115. The van der Waals surface area contributed by atoms with Crippen LogP contribution >= 0.6 is 11.6 Å². The maximum atomic E-state index is 12.1. The van der Waals surface area contributed by atoms with E-state index >= 15 is 0 Å². The highest BCUT2D eigenvalue weighted by atomic mass is 35.5. The van der Waals surface area contributed by atoms with Crippen LogP contribution in [0.1, 0.15) is 31.2 Å². The molecule has 104 valence electrons. The van der Waals surface area contributed by atoms with Crippen molar-refractivity contribution in [3.63, 3.8) is 0 Å². The van der Waals surface area contributed by atoms with Crippen molar-refractivity contribution in [2.45, 2.75) is 32.1 Å². The Morgan fingerprint density at radius 2 is 2.20 bits per heavy atom. The zero-order valence-corrected chi connectivity index (χ0v) is 11.5. The van der Waals surface area contributed by atoms with Crippen molar-refractivity contribution in [3.05, 3.63) is 38.9 Å². The molecule has 1 aromatic rings. The summed E-state index contributed by atoms with van der Waals surface area (Å²) in [4.78, 5) is 22.6. The fourth-order valence-corrected chi connectivity index (χ4v) is 2.78. The fourth-order valence-electron chi connectivity index (χ4n) is 2.62. The number of nitrogens with zero attached hydrogens (tertiary/aromatic N) is 2. The van der Waals surface area contributed by atoms with Crippen molar-refractivity contribution in [1.82, 2.24) is 0 Å². The quantitative estimate of drug-likeness (QED) is 0.631. The molecule has 0 bridgehead atoms. The van der Waals surface area contributed by atoms with Gasteiger partial charge in [-0.25, -0.2) is 0 Å². The number of hydrogen-bond acceptors (Lipinski definition) is 4. The Morgan fingerprint density at radius 1 is 1.45 bits per heavy atom. The van der Waals surface area contributed by atoms with E-state index < -0.39 is 10.3 Å². The number of Topliss-reactive ketones (excluding diaryl/α,β-unsaturated/α-hetero) is 1. The number of carbonyl (C=O) groups excluding carboxylic acids is 1. The molecule has 1 unspecified atom stereocenters. The van der Waals surface area contributed by atoms with E-state index in [1.54, 1.807) is 6.07 Å². The predicted octanol–water partition coefficient (Wildman–Crippen LogP) is 3.44. The molecule has 0 aliphatic heterocycles. The Balaban J connectivity index is 2.40. The van der Waals surface area contributed by atoms with Gasteiger partial charge in [-0.1, -0.05) is 24.1 Å². The maximum absolute atomic E-state index is 12.1. The lowest BCUT2D eigenvalue weighted by atomic mass is 9.70. The highest BCUT2D eigenvalue weighted by Crippen LogP contribution is 2.38. The number of nitriles is 1. The van der Waals surface area contributed by atoms with Crippen LogP contribution in [0.5, 0.6) is 0 Å². The summed E-state index contributed by atoms with van der Waals surface area (Å²) in [6, 6.07) is 6.42. The smallest absolute Gasteiger partial charge is 0.274 e. The topological polar surface area (TPSA) is 84.0 Å². The molecule has 1 aliphatic carbocycles. The molecule has 5 nitrogen and oxygen atoms in total. The second kappa shape index (κ2) is 5.59. The van der Waals surface area contributed by atoms with Crippen LogP contribution in [0.15, 0.2) is 18.2 Å². The summed E-state index contributed by atoms with van der Waals surface area (Å²) in [5, 5.41) is 20.7. The van der Waals surface area contributed by atoms with E-state index in [-0.39, 0.29) is 22.9 Å². The molecule has 0 spiro atoms. The van der Waals surface area contributed by atoms with Gasteiger partial charge >= 0.3 is 0 Å². The highest BCUT2D eigenvalue weighted by Gasteiger charge is 2.41. The van der Waals surface area contributed by atoms with Gasteiger partial charge in [-0.3, -0.25) is 14.9 Å². The summed E-state index contributed by atoms with van der Waals surface area (Å²) < 4.78 is 0. The van der Waals surface area contributed by atoms with Crippen molar-refractivity contribution in [2.24, 2.45) is 5.41 Å². The molecule has 6 heteroatoms. The molecule has 1 fully saturated rings. The molecular formula is C14H13ClN2O3. The molecule has 2 rings (SSSR count). The third-order valence-electron chi connectivity index (χ3n) is 3.74. The third-order valence-corrected chi connectivity index (χ3v) is 3.98. The molecule has 1 saturated carbocycles. The van der Waals surface area contributed by atoms with Crippen LogP contribution in [0.25, 0.3) is 0 Å². The molecule has 1 atom stereocenters. The first kappa shape index (κ1) is 14.5.